The zero-order valence-corrected chi connectivity index (χ0v) is 17.3. The summed E-state index contributed by atoms with van der Waals surface area (Å²) in [6, 6.07) is 14.3. The first-order chi connectivity index (χ1) is 13.9. The van der Waals surface area contributed by atoms with E-state index in [9.17, 15) is 9.59 Å². The molecule has 0 heterocycles. The molecule has 0 saturated carbocycles. The maximum absolute atomic E-state index is 12.5. The lowest BCUT2D eigenvalue weighted by molar-refractivity contribution is -0.134. The maximum Gasteiger partial charge on any atom is 0.244 e. The SMILES string of the molecule is CCOc1ccc(CN(C)C(=O)C(C)NC(=O)/C=C/c2ccc(OC)cc2)cc1. The largest absolute Gasteiger partial charge is 0.497 e. The van der Waals surface area contributed by atoms with E-state index in [1.165, 1.54) is 6.08 Å². The van der Waals surface area contributed by atoms with E-state index >= 15 is 0 Å². The van der Waals surface area contributed by atoms with Gasteiger partial charge in [-0.1, -0.05) is 24.3 Å². The van der Waals surface area contributed by atoms with Gasteiger partial charge in [-0.3, -0.25) is 9.59 Å². The lowest BCUT2D eigenvalue weighted by atomic mass is 10.2. The van der Waals surface area contributed by atoms with Crippen molar-refractivity contribution < 1.29 is 19.1 Å². The Morgan fingerprint density at radius 2 is 1.69 bits per heavy atom. The number of hydrogen-bond donors (Lipinski definition) is 1. The smallest absolute Gasteiger partial charge is 0.244 e. The molecule has 1 N–H and O–H groups in total. The Balaban J connectivity index is 1.85. The van der Waals surface area contributed by atoms with Crippen LogP contribution in [0.5, 0.6) is 11.5 Å². The first-order valence-electron chi connectivity index (χ1n) is 9.52. The summed E-state index contributed by atoms with van der Waals surface area (Å²) in [6.07, 6.45) is 3.10. The summed E-state index contributed by atoms with van der Waals surface area (Å²) in [6.45, 7) is 4.67. The van der Waals surface area contributed by atoms with Gasteiger partial charge in [0, 0.05) is 19.7 Å². The molecule has 6 heteroatoms. The van der Waals surface area contributed by atoms with Gasteiger partial charge in [0.25, 0.3) is 0 Å². The zero-order valence-electron chi connectivity index (χ0n) is 17.3. The van der Waals surface area contributed by atoms with Gasteiger partial charge in [0.2, 0.25) is 11.8 Å². The molecule has 0 spiro atoms. The van der Waals surface area contributed by atoms with Crippen LogP contribution in [-0.4, -0.2) is 43.5 Å². The fourth-order valence-electron chi connectivity index (χ4n) is 2.75. The Bertz CT molecular complexity index is 829. The summed E-state index contributed by atoms with van der Waals surface area (Å²) >= 11 is 0. The second-order valence-electron chi connectivity index (χ2n) is 6.61. The molecule has 0 fully saturated rings. The number of nitrogens with one attached hydrogen (secondary N) is 1. The molecule has 1 atom stereocenters. The molecule has 2 amide bonds. The third kappa shape index (κ3) is 6.99. The van der Waals surface area contributed by atoms with E-state index in [4.69, 9.17) is 9.47 Å². The maximum atomic E-state index is 12.5. The minimum atomic E-state index is -0.629. The third-order valence-electron chi connectivity index (χ3n) is 4.30. The highest BCUT2D eigenvalue weighted by molar-refractivity contribution is 5.95. The highest BCUT2D eigenvalue weighted by Crippen LogP contribution is 2.14. The summed E-state index contributed by atoms with van der Waals surface area (Å²) in [5, 5.41) is 2.70. The monoisotopic (exact) mass is 396 g/mol. The standard InChI is InChI=1S/C23H28N2O4/c1-5-29-21-13-8-19(9-14-21)16-25(3)23(27)17(2)24-22(26)15-10-18-6-11-20(28-4)12-7-18/h6-15,17H,5,16H2,1-4H3,(H,24,26)/b15-10+. The number of rotatable bonds is 9. The van der Waals surface area contributed by atoms with Crippen LogP contribution in [0.25, 0.3) is 6.08 Å². The molecule has 0 aliphatic carbocycles. The lowest BCUT2D eigenvalue weighted by Crippen LogP contribution is -2.44. The third-order valence-corrected chi connectivity index (χ3v) is 4.30. The molecule has 2 aromatic carbocycles. The number of hydrogen-bond acceptors (Lipinski definition) is 4. The molecule has 6 nitrogen and oxygen atoms in total. The number of ether oxygens (including phenoxy) is 2. The number of carbonyl (C=O) groups excluding carboxylic acids is 2. The van der Waals surface area contributed by atoms with Crippen molar-refractivity contribution in [2.24, 2.45) is 0 Å². The number of nitrogens with zero attached hydrogens (tertiary/aromatic N) is 1. The van der Waals surface area contributed by atoms with Crippen LogP contribution in [0.1, 0.15) is 25.0 Å². The highest BCUT2D eigenvalue weighted by Gasteiger charge is 2.18. The Morgan fingerprint density at radius 3 is 2.28 bits per heavy atom. The van der Waals surface area contributed by atoms with Crippen LogP contribution in [0.2, 0.25) is 0 Å². The number of likely N-dealkylation sites (N-methyl/N-ethyl adjacent to an activating group) is 1. The molecule has 0 aliphatic rings. The molecule has 0 bridgehead atoms. The van der Waals surface area contributed by atoms with E-state index < -0.39 is 6.04 Å². The van der Waals surface area contributed by atoms with Gasteiger partial charge >= 0.3 is 0 Å². The van der Waals surface area contributed by atoms with Crippen LogP contribution in [0, 0.1) is 0 Å². The van der Waals surface area contributed by atoms with Gasteiger partial charge in [0.05, 0.1) is 13.7 Å². The van der Waals surface area contributed by atoms with Crippen molar-refractivity contribution in [2.75, 3.05) is 20.8 Å². The fourth-order valence-corrected chi connectivity index (χ4v) is 2.75. The van der Waals surface area contributed by atoms with E-state index in [1.54, 1.807) is 32.1 Å². The van der Waals surface area contributed by atoms with Crippen molar-refractivity contribution in [1.29, 1.82) is 0 Å². The summed E-state index contributed by atoms with van der Waals surface area (Å²) in [4.78, 5) is 26.3. The molecule has 1 unspecified atom stereocenters. The lowest BCUT2D eigenvalue weighted by Gasteiger charge is -2.22. The van der Waals surface area contributed by atoms with E-state index in [-0.39, 0.29) is 11.8 Å². The van der Waals surface area contributed by atoms with Gasteiger partial charge in [-0.25, -0.2) is 0 Å². The van der Waals surface area contributed by atoms with Crippen LogP contribution in [-0.2, 0) is 16.1 Å². The number of methoxy groups -OCH3 is 1. The second-order valence-corrected chi connectivity index (χ2v) is 6.61. The predicted octanol–water partition coefficient (Wildman–Crippen LogP) is 3.27. The van der Waals surface area contributed by atoms with Gasteiger partial charge < -0.3 is 19.7 Å². The van der Waals surface area contributed by atoms with Gasteiger partial charge in [-0.15, -0.1) is 0 Å². The predicted molar refractivity (Wildman–Crippen MR) is 114 cm³/mol. The second kappa shape index (κ2) is 10.9. The zero-order chi connectivity index (χ0) is 21.2. The molecule has 154 valence electrons. The van der Waals surface area contributed by atoms with Crippen molar-refractivity contribution in [2.45, 2.75) is 26.4 Å². The fraction of sp³-hybridized carbons (Fsp3) is 0.304. The Hall–Kier alpha value is -3.28. The summed E-state index contributed by atoms with van der Waals surface area (Å²) < 4.78 is 10.5. The van der Waals surface area contributed by atoms with Gasteiger partial charge in [-0.2, -0.15) is 0 Å². The molecular formula is C23H28N2O4. The van der Waals surface area contributed by atoms with Crippen LogP contribution in [0.3, 0.4) is 0 Å². The van der Waals surface area contributed by atoms with Crippen molar-refractivity contribution >= 4 is 17.9 Å². The Morgan fingerprint density at radius 1 is 1.07 bits per heavy atom. The van der Waals surface area contributed by atoms with E-state index in [0.29, 0.717) is 13.2 Å². The quantitative estimate of drug-likeness (QED) is 0.661. The van der Waals surface area contributed by atoms with Crippen molar-refractivity contribution in [1.82, 2.24) is 10.2 Å². The van der Waals surface area contributed by atoms with Gasteiger partial charge in [0.15, 0.2) is 0 Å². The van der Waals surface area contributed by atoms with E-state index in [0.717, 1.165) is 22.6 Å². The van der Waals surface area contributed by atoms with E-state index in [2.05, 4.69) is 5.32 Å². The van der Waals surface area contributed by atoms with Crippen molar-refractivity contribution in [3.05, 3.63) is 65.7 Å². The number of carbonyl (C=O) groups is 2. The number of benzene rings is 2. The van der Waals surface area contributed by atoms with Crippen LogP contribution in [0.4, 0.5) is 0 Å². The molecule has 0 aliphatic heterocycles. The molecule has 0 aromatic heterocycles. The highest BCUT2D eigenvalue weighted by atomic mass is 16.5. The van der Waals surface area contributed by atoms with Gasteiger partial charge in [0.1, 0.15) is 17.5 Å². The van der Waals surface area contributed by atoms with E-state index in [1.807, 2.05) is 55.5 Å². The molecular weight excluding hydrogens is 368 g/mol. The first kappa shape index (κ1) is 22.0. The summed E-state index contributed by atoms with van der Waals surface area (Å²) in [5.74, 6) is 1.07. The molecule has 29 heavy (non-hydrogen) atoms. The molecule has 2 rings (SSSR count). The normalized spacial score (nSPS) is 11.7. The minimum Gasteiger partial charge on any atom is -0.497 e. The topological polar surface area (TPSA) is 67.9 Å². The van der Waals surface area contributed by atoms with Crippen LogP contribution >= 0.6 is 0 Å². The minimum absolute atomic E-state index is 0.162. The summed E-state index contributed by atoms with van der Waals surface area (Å²) in [5.41, 5.74) is 1.86. The first-order valence-corrected chi connectivity index (χ1v) is 9.52. The van der Waals surface area contributed by atoms with Crippen molar-refractivity contribution in [3.63, 3.8) is 0 Å². The van der Waals surface area contributed by atoms with Crippen LogP contribution < -0.4 is 14.8 Å². The molecule has 2 aromatic rings. The number of amides is 2. The molecule has 0 radical (unpaired) electrons. The average Bonchev–Trinajstić information content (AvgIpc) is 2.73. The summed E-state index contributed by atoms with van der Waals surface area (Å²) in [7, 11) is 3.32. The average molecular weight is 396 g/mol. The van der Waals surface area contributed by atoms with Gasteiger partial charge in [-0.05, 0) is 55.3 Å². The Kier molecular flexibility index (Phi) is 8.27. The van der Waals surface area contributed by atoms with Crippen LogP contribution in [0.15, 0.2) is 54.6 Å². The molecule has 0 saturated heterocycles. The van der Waals surface area contributed by atoms with Crippen molar-refractivity contribution in [3.8, 4) is 11.5 Å². The Labute approximate surface area is 172 Å².